The number of nitrogens with one attached hydrogen (secondary N) is 2. The smallest absolute Gasteiger partial charge is 0.263 e. The van der Waals surface area contributed by atoms with E-state index in [2.05, 4.69) is 20.1 Å². The molecule has 0 unspecified atom stereocenters. The third kappa shape index (κ3) is 4.91. The van der Waals surface area contributed by atoms with Gasteiger partial charge in [-0.3, -0.25) is 14.2 Å². The van der Waals surface area contributed by atoms with Gasteiger partial charge in [-0.15, -0.1) is 0 Å². The molecule has 3 aromatic rings. The molecule has 3 rings (SSSR count). The van der Waals surface area contributed by atoms with Gasteiger partial charge in [0.25, 0.3) is 15.9 Å². The molecule has 1 amide bonds. The van der Waals surface area contributed by atoms with E-state index in [4.69, 9.17) is 4.74 Å². The standard InChI is InChI=1S/C19H21N5O4S/c1-13-4-5-15(19(25)21-9-14-10-22-24(2)12-14)8-17(13)23-29(26,27)16-6-7-18(28-3)20-11-16/h4-8,10-12,23H,9H2,1-3H3,(H,21,25). The molecule has 152 valence electrons. The van der Waals surface area contributed by atoms with Crippen molar-refractivity contribution in [1.29, 1.82) is 0 Å². The number of carbonyl (C=O) groups is 1. The molecule has 0 saturated heterocycles. The molecule has 0 aliphatic heterocycles. The van der Waals surface area contributed by atoms with Gasteiger partial charge in [0.2, 0.25) is 5.88 Å². The van der Waals surface area contributed by atoms with Gasteiger partial charge in [-0.25, -0.2) is 13.4 Å². The molecule has 0 spiro atoms. The number of aryl methyl sites for hydroxylation is 2. The van der Waals surface area contributed by atoms with Crippen molar-refractivity contribution in [1.82, 2.24) is 20.1 Å². The monoisotopic (exact) mass is 415 g/mol. The number of carbonyl (C=O) groups excluding carboxylic acids is 1. The Bertz CT molecular complexity index is 1120. The quantitative estimate of drug-likeness (QED) is 0.609. The van der Waals surface area contributed by atoms with Gasteiger partial charge < -0.3 is 10.1 Å². The molecule has 29 heavy (non-hydrogen) atoms. The fraction of sp³-hybridized carbons (Fsp3) is 0.211. The van der Waals surface area contributed by atoms with Crippen LogP contribution in [0.3, 0.4) is 0 Å². The largest absolute Gasteiger partial charge is 0.481 e. The second-order valence-corrected chi connectivity index (χ2v) is 8.06. The van der Waals surface area contributed by atoms with Crippen molar-refractivity contribution in [3.63, 3.8) is 0 Å². The zero-order valence-corrected chi connectivity index (χ0v) is 17.0. The topological polar surface area (TPSA) is 115 Å². The average molecular weight is 415 g/mol. The van der Waals surface area contributed by atoms with E-state index in [0.717, 1.165) is 5.56 Å². The molecule has 10 heteroatoms. The van der Waals surface area contributed by atoms with Crippen LogP contribution in [0.5, 0.6) is 5.88 Å². The van der Waals surface area contributed by atoms with Gasteiger partial charge in [0.15, 0.2) is 0 Å². The van der Waals surface area contributed by atoms with Gasteiger partial charge in [-0.2, -0.15) is 5.10 Å². The molecule has 1 aromatic carbocycles. The van der Waals surface area contributed by atoms with Crippen LogP contribution in [0.4, 0.5) is 5.69 Å². The molecule has 0 atom stereocenters. The van der Waals surface area contributed by atoms with Crippen LogP contribution in [0.25, 0.3) is 0 Å². The van der Waals surface area contributed by atoms with Crippen molar-refractivity contribution in [3.05, 3.63) is 65.6 Å². The maximum Gasteiger partial charge on any atom is 0.263 e. The minimum Gasteiger partial charge on any atom is -0.481 e. The molecule has 0 aliphatic carbocycles. The SMILES string of the molecule is COc1ccc(S(=O)(=O)Nc2cc(C(=O)NCc3cnn(C)c3)ccc2C)cn1. The second-order valence-electron chi connectivity index (χ2n) is 6.38. The van der Waals surface area contributed by atoms with Crippen LogP contribution in [0.15, 0.2) is 53.8 Å². The highest BCUT2D eigenvalue weighted by molar-refractivity contribution is 7.92. The molecule has 9 nitrogen and oxygen atoms in total. The van der Waals surface area contributed by atoms with E-state index in [9.17, 15) is 13.2 Å². The van der Waals surface area contributed by atoms with Crippen LogP contribution < -0.4 is 14.8 Å². The first kappa shape index (κ1) is 20.3. The third-order valence-electron chi connectivity index (χ3n) is 4.18. The van der Waals surface area contributed by atoms with Crippen LogP contribution in [0, 0.1) is 6.92 Å². The normalized spacial score (nSPS) is 11.1. The van der Waals surface area contributed by atoms with Crippen LogP contribution in [0.2, 0.25) is 0 Å². The summed E-state index contributed by atoms with van der Waals surface area (Å²) < 4.78 is 34.4. The highest BCUT2D eigenvalue weighted by Crippen LogP contribution is 2.22. The van der Waals surface area contributed by atoms with Gasteiger partial charge in [0.1, 0.15) is 4.90 Å². The van der Waals surface area contributed by atoms with E-state index in [1.165, 1.54) is 31.5 Å². The number of ether oxygens (including phenoxy) is 1. The van der Waals surface area contributed by atoms with Gasteiger partial charge in [-0.05, 0) is 30.7 Å². The molecule has 2 aromatic heterocycles. The number of hydrogen-bond acceptors (Lipinski definition) is 6. The van der Waals surface area contributed by atoms with Crippen molar-refractivity contribution >= 4 is 21.6 Å². The van der Waals surface area contributed by atoms with E-state index in [1.54, 1.807) is 43.2 Å². The lowest BCUT2D eigenvalue weighted by atomic mass is 10.1. The summed E-state index contributed by atoms with van der Waals surface area (Å²) in [7, 11) is -0.626. The molecular formula is C19H21N5O4S. The molecular weight excluding hydrogens is 394 g/mol. The number of aromatic nitrogens is 3. The van der Waals surface area contributed by atoms with Crippen molar-refractivity contribution in [2.24, 2.45) is 7.05 Å². The Morgan fingerprint density at radius 2 is 2.00 bits per heavy atom. The first-order chi connectivity index (χ1) is 13.8. The number of anilines is 1. The highest BCUT2D eigenvalue weighted by Gasteiger charge is 2.17. The number of hydrogen-bond donors (Lipinski definition) is 2. The lowest BCUT2D eigenvalue weighted by Crippen LogP contribution is -2.23. The average Bonchev–Trinajstić information content (AvgIpc) is 3.13. The summed E-state index contributed by atoms with van der Waals surface area (Å²) in [5, 5.41) is 6.84. The minimum atomic E-state index is -3.87. The maximum absolute atomic E-state index is 12.6. The van der Waals surface area contributed by atoms with Gasteiger partial charge in [0, 0.05) is 37.0 Å². The fourth-order valence-corrected chi connectivity index (χ4v) is 3.64. The number of benzene rings is 1. The molecule has 0 aliphatic rings. The van der Waals surface area contributed by atoms with Crippen LogP contribution in [-0.4, -0.2) is 36.2 Å². The summed E-state index contributed by atoms with van der Waals surface area (Å²) in [5.74, 6) is -0.00664. The van der Waals surface area contributed by atoms with Crippen LogP contribution in [-0.2, 0) is 23.6 Å². The summed E-state index contributed by atoms with van der Waals surface area (Å²) in [6, 6.07) is 7.68. The molecule has 0 saturated carbocycles. The van der Waals surface area contributed by atoms with Crippen molar-refractivity contribution in [2.45, 2.75) is 18.4 Å². The van der Waals surface area contributed by atoms with E-state index >= 15 is 0 Å². The van der Waals surface area contributed by atoms with E-state index in [0.29, 0.717) is 29.2 Å². The second kappa shape index (κ2) is 8.31. The van der Waals surface area contributed by atoms with Gasteiger partial charge in [0.05, 0.1) is 25.2 Å². The zero-order valence-electron chi connectivity index (χ0n) is 16.2. The Balaban J connectivity index is 1.76. The number of sulfonamides is 1. The lowest BCUT2D eigenvalue weighted by molar-refractivity contribution is 0.0951. The Labute approximate surface area is 168 Å². The predicted octanol–water partition coefficient (Wildman–Crippen LogP) is 1.86. The van der Waals surface area contributed by atoms with Crippen LogP contribution >= 0.6 is 0 Å². The number of methoxy groups -OCH3 is 1. The third-order valence-corrected chi connectivity index (χ3v) is 5.53. The summed E-state index contributed by atoms with van der Waals surface area (Å²) >= 11 is 0. The number of pyridine rings is 1. The van der Waals surface area contributed by atoms with Crippen LogP contribution in [0.1, 0.15) is 21.5 Å². The van der Waals surface area contributed by atoms with Crippen molar-refractivity contribution in [3.8, 4) is 5.88 Å². The fourth-order valence-electron chi connectivity index (χ4n) is 2.57. The summed E-state index contributed by atoms with van der Waals surface area (Å²) in [5.41, 5.74) is 2.19. The first-order valence-corrected chi connectivity index (χ1v) is 10.2. The van der Waals surface area contributed by atoms with Crippen molar-refractivity contribution in [2.75, 3.05) is 11.8 Å². The first-order valence-electron chi connectivity index (χ1n) is 8.68. The molecule has 0 fully saturated rings. The Morgan fingerprint density at radius 1 is 1.21 bits per heavy atom. The Hall–Kier alpha value is -3.40. The zero-order chi connectivity index (χ0) is 21.0. The minimum absolute atomic E-state index is 0.0101. The summed E-state index contributed by atoms with van der Waals surface area (Å²) in [4.78, 5) is 16.4. The molecule has 0 bridgehead atoms. The highest BCUT2D eigenvalue weighted by atomic mass is 32.2. The molecule has 2 heterocycles. The molecule has 0 radical (unpaired) electrons. The number of amides is 1. The Kier molecular flexibility index (Phi) is 5.83. The van der Waals surface area contributed by atoms with Gasteiger partial charge in [-0.1, -0.05) is 6.07 Å². The van der Waals surface area contributed by atoms with E-state index < -0.39 is 10.0 Å². The lowest BCUT2D eigenvalue weighted by Gasteiger charge is -2.12. The summed E-state index contributed by atoms with van der Waals surface area (Å²) in [6.07, 6.45) is 4.68. The number of nitrogens with zero attached hydrogens (tertiary/aromatic N) is 3. The van der Waals surface area contributed by atoms with E-state index in [-0.39, 0.29) is 10.8 Å². The van der Waals surface area contributed by atoms with Crippen molar-refractivity contribution < 1.29 is 17.9 Å². The summed E-state index contributed by atoms with van der Waals surface area (Å²) in [6.45, 7) is 2.07. The van der Waals surface area contributed by atoms with E-state index in [1.807, 2.05) is 0 Å². The predicted molar refractivity (Wildman–Crippen MR) is 107 cm³/mol. The van der Waals surface area contributed by atoms with Gasteiger partial charge >= 0.3 is 0 Å². The molecule has 2 N–H and O–H groups in total. The number of rotatable bonds is 7. The Morgan fingerprint density at radius 3 is 2.62 bits per heavy atom. The maximum atomic E-state index is 12.6.